The number of rotatable bonds is 83. The van der Waals surface area contributed by atoms with Crippen LogP contribution in [0.25, 0.3) is 0 Å². The maximum atomic E-state index is 13.0. The number of carbonyl (C=O) groups excluding carboxylic acids is 3. The third kappa shape index (κ3) is 84.7. The van der Waals surface area contributed by atoms with Gasteiger partial charge in [0.25, 0.3) is 0 Å². The molecule has 109 heavy (non-hydrogen) atoms. The van der Waals surface area contributed by atoms with Crippen molar-refractivity contribution in [2.75, 3.05) is 39.6 Å². The molecular weight excluding hydrogens is 1410 g/mol. The van der Waals surface area contributed by atoms with Crippen LogP contribution in [0.15, 0.2) is 122 Å². The van der Waals surface area contributed by atoms with Crippen LogP contribution in [-0.4, -0.2) is 95.9 Å². The molecular formula is C91H160O16P2. The van der Waals surface area contributed by atoms with Gasteiger partial charge in [0, 0.05) is 19.3 Å². The van der Waals surface area contributed by atoms with Crippen LogP contribution in [-0.2, 0) is 55.8 Å². The van der Waals surface area contributed by atoms with E-state index >= 15 is 0 Å². The topological polar surface area (TPSA) is 231 Å². The fourth-order valence-corrected chi connectivity index (χ4v) is 13.6. The first-order valence-corrected chi connectivity index (χ1v) is 46.8. The average Bonchev–Trinajstić information content (AvgIpc) is 0.904. The van der Waals surface area contributed by atoms with Gasteiger partial charge >= 0.3 is 33.6 Å². The molecule has 0 bridgehead atoms. The minimum atomic E-state index is -4.93. The summed E-state index contributed by atoms with van der Waals surface area (Å²) in [6, 6.07) is 0. The zero-order valence-corrected chi connectivity index (χ0v) is 71.0. The molecule has 0 amide bonds. The second-order valence-electron chi connectivity index (χ2n) is 29.3. The highest BCUT2D eigenvalue weighted by molar-refractivity contribution is 7.47. The van der Waals surface area contributed by atoms with Gasteiger partial charge < -0.3 is 34.2 Å². The van der Waals surface area contributed by atoms with E-state index in [9.17, 15) is 43.5 Å². The number of ether oxygens (including phenoxy) is 3. The summed E-state index contributed by atoms with van der Waals surface area (Å²) in [7, 11) is -9.79. The molecule has 4 N–H and O–H groups in total. The number of phosphoric acid groups is 2. The molecule has 0 fully saturated rings. The fraction of sp³-hybridized carbons (Fsp3) is 0.747. The van der Waals surface area contributed by atoms with E-state index in [4.69, 9.17) is 32.3 Å². The van der Waals surface area contributed by atoms with Crippen LogP contribution in [0.2, 0.25) is 0 Å². The molecule has 0 aliphatic heterocycles. The lowest BCUT2D eigenvalue weighted by molar-refractivity contribution is -0.161. The number of aliphatic hydroxyl groups excluding tert-OH is 2. The van der Waals surface area contributed by atoms with Crippen LogP contribution in [0.5, 0.6) is 0 Å². The van der Waals surface area contributed by atoms with E-state index in [1.807, 2.05) is 0 Å². The molecule has 0 aromatic heterocycles. The number of esters is 3. The Kier molecular flexibility index (Phi) is 80.3. The SMILES string of the molecule is CC/C=C\C/C=C\C/C=C\C/C=C\C/C=C\C/C=C\CCCCCCCCCCC(=O)OCC(COP(=O)(O)OCC(O)COP(=O)(O)OCC(O)COC(=O)CCCCCCCCCCCCCCCCC/C=C\C/C=C\C/C=C\C/C=C\CCCCC)OC(=O)CCCCCCCCCCCCCCCCC. The predicted octanol–water partition coefficient (Wildman–Crippen LogP) is 26.4. The van der Waals surface area contributed by atoms with Crippen molar-refractivity contribution in [3.8, 4) is 0 Å². The summed E-state index contributed by atoms with van der Waals surface area (Å²) in [4.78, 5) is 58.8. The Morgan fingerprint density at radius 3 is 0.789 bits per heavy atom. The van der Waals surface area contributed by atoms with Crippen LogP contribution in [0.4, 0.5) is 0 Å². The van der Waals surface area contributed by atoms with Gasteiger partial charge in [0.2, 0.25) is 0 Å². The molecule has 0 aliphatic carbocycles. The van der Waals surface area contributed by atoms with Gasteiger partial charge in [-0.25, -0.2) is 9.13 Å². The molecule has 0 aromatic carbocycles. The molecule has 0 heterocycles. The molecule has 5 atom stereocenters. The molecule has 5 unspecified atom stereocenters. The first kappa shape index (κ1) is 105. The second-order valence-corrected chi connectivity index (χ2v) is 32.2. The van der Waals surface area contributed by atoms with Gasteiger partial charge in [0.05, 0.1) is 26.4 Å². The Morgan fingerprint density at radius 2 is 0.486 bits per heavy atom. The van der Waals surface area contributed by atoms with Crippen molar-refractivity contribution in [1.82, 2.24) is 0 Å². The maximum Gasteiger partial charge on any atom is 0.472 e. The van der Waals surface area contributed by atoms with Gasteiger partial charge in [-0.15, -0.1) is 0 Å². The first-order chi connectivity index (χ1) is 53.2. The van der Waals surface area contributed by atoms with Crippen molar-refractivity contribution < 1.29 is 75.8 Å². The van der Waals surface area contributed by atoms with Gasteiger partial charge in [0.15, 0.2) is 6.10 Å². The van der Waals surface area contributed by atoms with Crippen molar-refractivity contribution in [2.45, 2.75) is 399 Å². The summed E-state index contributed by atoms with van der Waals surface area (Å²) in [6.45, 7) is 2.59. The van der Waals surface area contributed by atoms with Gasteiger partial charge in [-0.2, -0.15) is 0 Å². The Bertz CT molecular complexity index is 2460. The van der Waals surface area contributed by atoms with E-state index in [1.54, 1.807) is 0 Å². The number of unbranched alkanes of at least 4 members (excludes halogenated alkanes) is 40. The first-order valence-electron chi connectivity index (χ1n) is 43.8. The molecule has 0 saturated carbocycles. The molecule has 0 radical (unpaired) electrons. The van der Waals surface area contributed by atoms with E-state index < -0.39 is 91.5 Å². The molecule has 0 saturated heterocycles. The predicted molar refractivity (Wildman–Crippen MR) is 454 cm³/mol. The van der Waals surface area contributed by atoms with Crippen molar-refractivity contribution in [1.29, 1.82) is 0 Å². The number of hydrogen-bond donors (Lipinski definition) is 4. The summed E-state index contributed by atoms with van der Waals surface area (Å²) >= 11 is 0. The standard InChI is InChI=1S/C91H160O16P2/c1-4-7-10-13-16-19-22-25-28-30-32-34-36-38-40-41-42-43-45-47-48-50-52-54-57-59-62-65-68-71-74-77-89(94)101-80-86(92)81-103-108(97,98)104-82-87(93)83-105-109(99,100)106-85-88(107-91(96)79-76-73-70-67-64-61-56-27-24-21-18-15-12-9-6-3)84-102-90(95)78-75-72-69-66-63-60-58-55-53-51-49-46-44-39-37-35-33-31-29-26-23-20-17-14-11-8-5-2/h8,11,16-17,19-20,25-26,28-29,32-35,38-40,44,49,51,86-88,92-93H,4-7,9-10,12-15,18,21-24,27,30-31,36-37,41-43,45-48,50,52-85H2,1-3H3,(H,97,98)(H,99,100)/b11-8-,19-16-,20-17-,28-25-,29-26-,34-32-,35-33-,40-38-,44-39-,51-49-. The quantitative estimate of drug-likeness (QED) is 0.0146. The largest absolute Gasteiger partial charge is 0.472 e. The Hall–Kier alpha value is -4.05. The van der Waals surface area contributed by atoms with Crippen LogP contribution in [0, 0.1) is 0 Å². The lowest BCUT2D eigenvalue weighted by atomic mass is 10.0. The van der Waals surface area contributed by atoms with Crippen molar-refractivity contribution in [2.24, 2.45) is 0 Å². The van der Waals surface area contributed by atoms with E-state index in [0.717, 1.165) is 135 Å². The van der Waals surface area contributed by atoms with E-state index in [0.29, 0.717) is 19.3 Å². The highest BCUT2D eigenvalue weighted by Gasteiger charge is 2.29. The smallest absolute Gasteiger partial charge is 0.463 e. The van der Waals surface area contributed by atoms with Crippen molar-refractivity contribution >= 4 is 33.6 Å². The molecule has 0 rings (SSSR count). The van der Waals surface area contributed by atoms with Gasteiger partial charge in [0.1, 0.15) is 25.4 Å². The molecule has 16 nitrogen and oxygen atoms in total. The lowest BCUT2D eigenvalue weighted by Crippen LogP contribution is -2.30. The van der Waals surface area contributed by atoms with Crippen LogP contribution >= 0.6 is 15.6 Å². The Morgan fingerprint density at radius 1 is 0.266 bits per heavy atom. The van der Waals surface area contributed by atoms with Crippen molar-refractivity contribution in [3.05, 3.63) is 122 Å². The van der Waals surface area contributed by atoms with Crippen LogP contribution in [0.1, 0.15) is 380 Å². The van der Waals surface area contributed by atoms with Crippen LogP contribution in [0.3, 0.4) is 0 Å². The van der Waals surface area contributed by atoms with E-state index in [2.05, 4.69) is 142 Å². The maximum absolute atomic E-state index is 13.0. The minimum Gasteiger partial charge on any atom is -0.463 e. The monoisotopic (exact) mass is 1570 g/mol. The summed E-state index contributed by atoms with van der Waals surface area (Å²) in [6.07, 6.45) is 101. The normalized spacial score (nSPS) is 14.4. The second kappa shape index (κ2) is 83.4. The zero-order chi connectivity index (χ0) is 79.4. The van der Waals surface area contributed by atoms with Crippen molar-refractivity contribution in [3.63, 3.8) is 0 Å². The summed E-state index contributed by atoms with van der Waals surface area (Å²) < 4.78 is 61.3. The van der Waals surface area contributed by atoms with Gasteiger partial charge in [-0.1, -0.05) is 367 Å². The highest BCUT2D eigenvalue weighted by atomic mass is 31.2. The van der Waals surface area contributed by atoms with Gasteiger partial charge in [-0.05, 0) is 116 Å². The third-order valence-corrected chi connectivity index (χ3v) is 20.6. The molecule has 0 aromatic rings. The minimum absolute atomic E-state index is 0.105. The number of carbonyl (C=O) groups is 3. The molecule has 0 spiro atoms. The van der Waals surface area contributed by atoms with E-state index in [-0.39, 0.29) is 19.3 Å². The summed E-state index contributed by atoms with van der Waals surface area (Å²) in [5.74, 6) is -1.57. The van der Waals surface area contributed by atoms with Crippen LogP contribution < -0.4 is 0 Å². The zero-order valence-electron chi connectivity index (χ0n) is 69.2. The number of allylic oxidation sites excluding steroid dienone is 20. The average molecular weight is 1570 g/mol. The Balaban J connectivity index is 4.50. The fourth-order valence-electron chi connectivity index (χ4n) is 12.0. The number of phosphoric ester groups is 2. The lowest BCUT2D eigenvalue weighted by Gasteiger charge is -2.21. The van der Waals surface area contributed by atoms with E-state index in [1.165, 1.54) is 186 Å². The summed E-state index contributed by atoms with van der Waals surface area (Å²) in [5.41, 5.74) is 0. The van der Waals surface area contributed by atoms with Gasteiger partial charge in [-0.3, -0.25) is 32.5 Å². The highest BCUT2D eigenvalue weighted by Crippen LogP contribution is 2.45. The number of hydrogen-bond acceptors (Lipinski definition) is 14. The molecule has 0 aliphatic rings. The number of aliphatic hydroxyl groups is 2. The Labute approximate surface area is 665 Å². The summed E-state index contributed by atoms with van der Waals surface area (Å²) in [5, 5.41) is 20.7. The molecule has 18 heteroatoms. The third-order valence-electron chi connectivity index (χ3n) is 18.7. The molecule has 630 valence electrons.